The highest BCUT2D eigenvalue weighted by Gasteiger charge is 2.56. The summed E-state index contributed by atoms with van der Waals surface area (Å²) in [4.78, 5) is 39.3. The van der Waals surface area contributed by atoms with Gasteiger partial charge in [0.15, 0.2) is 5.69 Å². The Kier molecular flexibility index (Phi) is 5.13. The number of hydrogen-bond acceptors (Lipinski definition) is 5. The van der Waals surface area contributed by atoms with Gasteiger partial charge in [0.2, 0.25) is 11.8 Å². The van der Waals surface area contributed by atoms with Crippen molar-refractivity contribution in [2.75, 3.05) is 0 Å². The fourth-order valence-electron chi connectivity index (χ4n) is 4.43. The maximum atomic E-state index is 14.1. The number of nitrogens with one attached hydrogen (secondary N) is 1. The molecule has 8 nitrogen and oxygen atoms in total. The van der Waals surface area contributed by atoms with Crippen molar-refractivity contribution in [3.63, 3.8) is 0 Å². The van der Waals surface area contributed by atoms with Crippen LogP contribution in [0.2, 0.25) is 5.02 Å². The van der Waals surface area contributed by atoms with E-state index in [-0.39, 0.29) is 53.1 Å². The van der Waals surface area contributed by atoms with Crippen molar-refractivity contribution in [2.24, 2.45) is 11.7 Å². The molecule has 0 radical (unpaired) electrons. The third-order valence-electron chi connectivity index (χ3n) is 6.06. The van der Waals surface area contributed by atoms with Crippen molar-refractivity contribution in [1.29, 1.82) is 0 Å². The van der Waals surface area contributed by atoms with Gasteiger partial charge in [-0.15, -0.1) is 11.3 Å². The number of fused-ring (bicyclic) bond motifs is 2. The second-order valence-corrected chi connectivity index (χ2v) is 9.38. The van der Waals surface area contributed by atoms with Gasteiger partial charge in [-0.25, -0.2) is 4.39 Å². The van der Waals surface area contributed by atoms with E-state index in [4.69, 9.17) is 17.3 Å². The van der Waals surface area contributed by atoms with Gasteiger partial charge in [0.1, 0.15) is 18.4 Å². The molecule has 2 fully saturated rings. The summed E-state index contributed by atoms with van der Waals surface area (Å²) in [7, 11) is 0. The molecule has 5 rings (SSSR count). The SMILES string of the molecule is NC(=O)c1nn(CC(=O)N2[C@@H]3C[C@@H]3C[C@H]2C(=O)NCc2cccc(Cl)c2F)c2ccsc12. The number of hydrogen-bond donors (Lipinski definition) is 2. The minimum absolute atomic E-state index is 0.00929. The third-order valence-corrected chi connectivity index (χ3v) is 7.26. The number of thiophene rings is 1. The molecule has 166 valence electrons. The summed E-state index contributed by atoms with van der Waals surface area (Å²) in [5.74, 6) is -1.52. The zero-order chi connectivity index (χ0) is 22.6. The minimum atomic E-state index is -0.655. The van der Waals surface area contributed by atoms with Gasteiger partial charge in [0.25, 0.3) is 5.91 Å². The number of piperidine rings is 1. The largest absolute Gasteiger partial charge is 0.364 e. The lowest BCUT2D eigenvalue weighted by atomic mass is 10.1. The van der Waals surface area contributed by atoms with Crippen molar-refractivity contribution >= 4 is 50.9 Å². The van der Waals surface area contributed by atoms with E-state index in [0.717, 1.165) is 6.42 Å². The second-order valence-electron chi connectivity index (χ2n) is 8.05. The maximum Gasteiger partial charge on any atom is 0.270 e. The molecule has 11 heteroatoms. The van der Waals surface area contributed by atoms with Gasteiger partial charge < -0.3 is 16.0 Å². The first-order valence-corrected chi connectivity index (χ1v) is 11.4. The average Bonchev–Trinajstić information content (AvgIpc) is 3.10. The Bertz CT molecular complexity index is 1260. The van der Waals surface area contributed by atoms with E-state index in [0.29, 0.717) is 16.6 Å². The first-order valence-electron chi connectivity index (χ1n) is 10.1. The van der Waals surface area contributed by atoms with E-state index >= 15 is 0 Å². The number of nitrogens with zero attached hydrogens (tertiary/aromatic N) is 3. The predicted octanol–water partition coefficient (Wildman–Crippen LogP) is 2.29. The van der Waals surface area contributed by atoms with Crippen LogP contribution in [0.25, 0.3) is 10.2 Å². The molecule has 1 saturated heterocycles. The van der Waals surface area contributed by atoms with Crippen LogP contribution in [0.4, 0.5) is 4.39 Å². The highest BCUT2D eigenvalue weighted by molar-refractivity contribution is 7.17. The lowest BCUT2D eigenvalue weighted by molar-refractivity contribution is -0.140. The van der Waals surface area contributed by atoms with Crippen LogP contribution in [0.3, 0.4) is 0 Å². The van der Waals surface area contributed by atoms with Gasteiger partial charge in [-0.3, -0.25) is 19.1 Å². The molecule has 1 aromatic carbocycles. The summed E-state index contributed by atoms with van der Waals surface area (Å²) in [6.45, 7) is -0.119. The monoisotopic (exact) mass is 475 g/mol. The summed E-state index contributed by atoms with van der Waals surface area (Å²) in [6, 6.07) is 5.78. The molecule has 3 amide bonds. The zero-order valence-electron chi connectivity index (χ0n) is 16.8. The van der Waals surface area contributed by atoms with Crippen LogP contribution in [-0.2, 0) is 22.7 Å². The average molecular weight is 476 g/mol. The molecule has 1 aliphatic heterocycles. The highest BCUT2D eigenvalue weighted by atomic mass is 35.5. The fourth-order valence-corrected chi connectivity index (χ4v) is 5.50. The Hall–Kier alpha value is -2.98. The number of rotatable bonds is 6. The number of halogens is 2. The van der Waals surface area contributed by atoms with Gasteiger partial charge in [0, 0.05) is 18.2 Å². The summed E-state index contributed by atoms with van der Waals surface area (Å²) >= 11 is 7.13. The molecule has 0 bridgehead atoms. The van der Waals surface area contributed by atoms with E-state index in [1.54, 1.807) is 28.5 Å². The molecular weight excluding hydrogens is 457 g/mol. The number of carbonyl (C=O) groups is 3. The van der Waals surface area contributed by atoms with E-state index in [1.165, 1.54) is 22.1 Å². The first kappa shape index (κ1) is 20.9. The van der Waals surface area contributed by atoms with E-state index in [9.17, 15) is 18.8 Å². The van der Waals surface area contributed by atoms with Crippen LogP contribution in [0.1, 0.15) is 28.9 Å². The number of amides is 3. The lowest BCUT2D eigenvalue weighted by Gasteiger charge is -2.27. The van der Waals surface area contributed by atoms with Crippen LogP contribution in [0.5, 0.6) is 0 Å². The molecule has 3 aromatic rings. The van der Waals surface area contributed by atoms with Gasteiger partial charge in [0.05, 0.1) is 15.2 Å². The molecule has 0 spiro atoms. The Morgan fingerprint density at radius 1 is 1.28 bits per heavy atom. The topological polar surface area (TPSA) is 110 Å². The van der Waals surface area contributed by atoms with Gasteiger partial charge in [-0.05, 0) is 36.3 Å². The van der Waals surface area contributed by atoms with Crippen molar-refractivity contribution in [3.05, 3.63) is 51.7 Å². The molecule has 3 atom stereocenters. The Labute approximate surface area is 191 Å². The first-order chi connectivity index (χ1) is 15.3. The summed E-state index contributed by atoms with van der Waals surface area (Å²) < 4.78 is 16.2. The van der Waals surface area contributed by atoms with E-state index in [1.807, 2.05) is 0 Å². The fraction of sp³-hybridized carbons (Fsp3) is 0.333. The Morgan fingerprint density at radius 2 is 2.09 bits per heavy atom. The van der Waals surface area contributed by atoms with Crippen molar-refractivity contribution in [3.8, 4) is 0 Å². The predicted molar refractivity (Wildman–Crippen MR) is 117 cm³/mol. The number of likely N-dealkylation sites (tertiary alicyclic amines) is 1. The van der Waals surface area contributed by atoms with E-state index in [2.05, 4.69) is 10.4 Å². The molecular formula is C21H19ClFN5O3S. The highest BCUT2D eigenvalue weighted by Crippen LogP contribution is 2.48. The molecule has 3 N–H and O–H groups in total. The number of primary amides is 1. The number of nitrogens with two attached hydrogens (primary N) is 1. The third kappa shape index (κ3) is 3.53. The molecule has 3 heterocycles. The molecule has 0 unspecified atom stereocenters. The van der Waals surface area contributed by atoms with Crippen LogP contribution in [0.15, 0.2) is 29.6 Å². The van der Waals surface area contributed by atoms with Crippen molar-refractivity contribution < 1.29 is 18.8 Å². The standard InChI is InChI=1S/C21H19ClFN5O3S/c22-12-3-1-2-10(17(12)23)8-25-21(31)15-7-11-6-14(11)28(15)16(29)9-27-13-4-5-32-19(13)18(26-27)20(24)30/h1-5,11,14-15H,6-9H2,(H2,24,30)(H,25,31)/t11-,14-,15+/m1/s1. The molecule has 32 heavy (non-hydrogen) atoms. The molecule has 2 aromatic heterocycles. The summed E-state index contributed by atoms with van der Waals surface area (Å²) in [5.41, 5.74) is 6.47. The summed E-state index contributed by atoms with van der Waals surface area (Å²) in [6.07, 6.45) is 1.43. The maximum absolute atomic E-state index is 14.1. The Balaban J connectivity index is 1.31. The Morgan fingerprint density at radius 3 is 2.88 bits per heavy atom. The smallest absolute Gasteiger partial charge is 0.270 e. The van der Waals surface area contributed by atoms with Gasteiger partial charge in [-0.1, -0.05) is 23.7 Å². The van der Waals surface area contributed by atoms with Crippen LogP contribution in [0, 0.1) is 11.7 Å². The summed E-state index contributed by atoms with van der Waals surface area (Å²) in [5, 5.41) is 8.74. The normalized spacial score (nSPS) is 21.6. The molecule has 1 saturated carbocycles. The number of carbonyl (C=O) groups excluding carboxylic acids is 3. The van der Waals surface area contributed by atoms with Gasteiger partial charge in [-0.2, -0.15) is 5.10 Å². The molecule has 2 aliphatic rings. The van der Waals surface area contributed by atoms with Crippen LogP contribution in [-0.4, -0.2) is 44.5 Å². The number of benzene rings is 1. The van der Waals surface area contributed by atoms with Crippen LogP contribution < -0.4 is 11.1 Å². The van der Waals surface area contributed by atoms with Crippen molar-refractivity contribution in [2.45, 2.75) is 38.0 Å². The zero-order valence-corrected chi connectivity index (χ0v) is 18.3. The second kappa shape index (κ2) is 7.86. The lowest BCUT2D eigenvalue weighted by Crippen LogP contribution is -2.48. The minimum Gasteiger partial charge on any atom is -0.364 e. The number of aromatic nitrogens is 2. The van der Waals surface area contributed by atoms with Crippen molar-refractivity contribution in [1.82, 2.24) is 20.0 Å². The quantitative estimate of drug-likeness (QED) is 0.569. The van der Waals surface area contributed by atoms with Gasteiger partial charge >= 0.3 is 0 Å². The van der Waals surface area contributed by atoms with E-state index < -0.39 is 17.8 Å². The molecule has 1 aliphatic carbocycles. The van der Waals surface area contributed by atoms with Crippen LogP contribution >= 0.6 is 22.9 Å².